The summed E-state index contributed by atoms with van der Waals surface area (Å²) in [5, 5.41) is 20.2. The summed E-state index contributed by atoms with van der Waals surface area (Å²) < 4.78 is 26.6. The Kier molecular flexibility index (Phi) is 5.21. The summed E-state index contributed by atoms with van der Waals surface area (Å²) in [6.07, 6.45) is 1.05. The molecule has 1 aromatic heterocycles. The number of aromatic nitrogens is 4. The second-order valence-electron chi connectivity index (χ2n) is 6.47. The van der Waals surface area contributed by atoms with Crippen LogP contribution in [0.15, 0.2) is 29.2 Å². The highest BCUT2D eigenvalue weighted by molar-refractivity contribution is 7.91. The molecule has 1 N–H and O–H groups in total. The number of nitrogens with zero attached hydrogens (tertiary/aromatic N) is 5. The molecule has 1 aliphatic heterocycles. The van der Waals surface area contributed by atoms with Crippen molar-refractivity contribution in [2.45, 2.75) is 24.2 Å². The van der Waals surface area contributed by atoms with Crippen molar-refractivity contribution in [1.82, 2.24) is 25.1 Å². The van der Waals surface area contributed by atoms with Crippen molar-refractivity contribution < 1.29 is 18.3 Å². The molecule has 0 bridgehead atoms. The highest BCUT2D eigenvalue weighted by atomic mass is 32.2. The lowest BCUT2D eigenvalue weighted by Crippen LogP contribution is -2.37. The van der Waals surface area contributed by atoms with E-state index in [0.717, 1.165) is 5.56 Å². The number of piperidine rings is 1. The van der Waals surface area contributed by atoms with Gasteiger partial charge >= 0.3 is 6.09 Å². The largest absolute Gasteiger partial charge is 0.465 e. The summed E-state index contributed by atoms with van der Waals surface area (Å²) in [5.74, 6) is 0.874. The molecule has 3 rings (SSSR count). The minimum absolute atomic E-state index is 0.0651. The molecule has 140 valence electrons. The van der Waals surface area contributed by atoms with Gasteiger partial charge in [-0.25, -0.2) is 17.9 Å². The normalized spacial score (nSPS) is 16.0. The van der Waals surface area contributed by atoms with Gasteiger partial charge in [0, 0.05) is 25.7 Å². The lowest BCUT2D eigenvalue weighted by molar-refractivity contribution is 0.124. The van der Waals surface area contributed by atoms with Crippen molar-refractivity contribution in [3.8, 4) is 11.4 Å². The van der Waals surface area contributed by atoms with E-state index in [1.54, 1.807) is 31.3 Å². The molecule has 0 aliphatic carbocycles. The van der Waals surface area contributed by atoms with Crippen molar-refractivity contribution in [2.24, 2.45) is 13.0 Å². The molecule has 0 saturated carbocycles. The van der Waals surface area contributed by atoms with E-state index in [4.69, 9.17) is 5.11 Å². The number of carboxylic acid groups (broad SMARTS) is 1. The molecule has 0 atom stereocenters. The summed E-state index contributed by atoms with van der Waals surface area (Å²) >= 11 is 0. The van der Waals surface area contributed by atoms with Crippen molar-refractivity contribution in [3.05, 3.63) is 24.3 Å². The standard InChI is InChI=1S/C16H21N5O4S/c1-20-15(17-18-19-20)13-2-4-14(5-3-13)26(24,25)11-8-12-6-9-21(10-7-12)16(22)23/h2-5,12H,6-11H2,1H3,(H,22,23). The van der Waals surface area contributed by atoms with Crippen LogP contribution in [0.4, 0.5) is 4.79 Å². The van der Waals surface area contributed by atoms with Crippen LogP contribution in [0.1, 0.15) is 19.3 Å². The maximum atomic E-state index is 12.6. The van der Waals surface area contributed by atoms with Gasteiger partial charge in [-0.05, 0) is 59.9 Å². The van der Waals surface area contributed by atoms with Gasteiger partial charge < -0.3 is 10.0 Å². The number of carbonyl (C=O) groups is 1. The maximum absolute atomic E-state index is 12.6. The topological polar surface area (TPSA) is 118 Å². The molecule has 0 radical (unpaired) electrons. The van der Waals surface area contributed by atoms with Gasteiger partial charge in [0.15, 0.2) is 15.7 Å². The van der Waals surface area contributed by atoms with E-state index in [1.165, 1.54) is 9.58 Å². The zero-order chi connectivity index (χ0) is 18.7. The second-order valence-corrected chi connectivity index (χ2v) is 8.58. The molecule has 10 heteroatoms. The van der Waals surface area contributed by atoms with E-state index in [0.29, 0.717) is 38.2 Å². The molecule has 1 aliphatic rings. The van der Waals surface area contributed by atoms with E-state index < -0.39 is 15.9 Å². The zero-order valence-corrected chi connectivity index (χ0v) is 15.3. The molecular formula is C16H21N5O4S. The van der Waals surface area contributed by atoms with Gasteiger partial charge in [-0.1, -0.05) is 0 Å². The third-order valence-corrected chi connectivity index (χ3v) is 6.54. The third kappa shape index (κ3) is 4.01. The predicted molar refractivity (Wildman–Crippen MR) is 93.2 cm³/mol. The van der Waals surface area contributed by atoms with Crippen LogP contribution >= 0.6 is 0 Å². The number of sulfone groups is 1. The fourth-order valence-electron chi connectivity index (χ4n) is 3.14. The fraction of sp³-hybridized carbons (Fsp3) is 0.500. The first-order valence-electron chi connectivity index (χ1n) is 8.40. The van der Waals surface area contributed by atoms with Crippen LogP contribution in [0.2, 0.25) is 0 Å². The van der Waals surface area contributed by atoms with Gasteiger partial charge in [0.25, 0.3) is 0 Å². The molecule has 1 saturated heterocycles. The van der Waals surface area contributed by atoms with Crippen LogP contribution in [0, 0.1) is 5.92 Å². The van der Waals surface area contributed by atoms with E-state index >= 15 is 0 Å². The highest BCUT2D eigenvalue weighted by Crippen LogP contribution is 2.24. The predicted octanol–water partition coefficient (Wildman–Crippen LogP) is 1.43. The lowest BCUT2D eigenvalue weighted by Gasteiger charge is -2.29. The SMILES string of the molecule is Cn1nnnc1-c1ccc(S(=O)(=O)CCC2CCN(C(=O)O)CC2)cc1. The smallest absolute Gasteiger partial charge is 0.407 e. The first-order chi connectivity index (χ1) is 12.4. The number of aryl methyl sites for hydroxylation is 1. The number of hydrogen-bond donors (Lipinski definition) is 1. The number of amides is 1. The minimum Gasteiger partial charge on any atom is -0.465 e. The Balaban J connectivity index is 1.60. The van der Waals surface area contributed by atoms with E-state index in [9.17, 15) is 13.2 Å². The molecule has 0 unspecified atom stereocenters. The third-order valence-electron chi connectivity index (χ3n) is 4.77. The van der Waals surface area contributed by atoms with E-state index in [1.807, 2.05) is 0 Å². The molecule has 2 aromatic rings. The Morgan fingerprint density at radius 1 is 1.23 bits per heavy atom. The summed E-state index contributed by atoms with van der Waals surface area (Å²) in [4.78, 5) is 12.6. The minimum atomic E-state index is -3.37. The first-order valence-corrected chi connectivity index (χ1v) is 10.1. The Bertz CT molecular complexity index is 870. The van der Waals surface area contributed by atoms with Gasteiger partial charge in [-0.3, -0.25) is 0 Å². The van der Waals surface area contributed by atoms with Gasteiger partial charge in [0.2, 0.25) is 0 Å². The molecular weight excluding hydrogens is 358 g/mol. The van der Waals surface area contributed by atoms with E-state index in [2.05, 4.69) is 15.5 Å². The van der Waals surface area contributed by atoms with Crippen LogP contribution < -0.4 is 0 Å². The first kappa shape index (κ1) is 18.3. The summed E-state index contributed by atoms with van der Waals surface area (Å²) in [6, 6.07) is 6.55. The Morgan fingerprint density at radius 3 is 2.42 bits per heavy atom. The van der Waals surface area contributed by atoms with Crippen LogP contribution in [0.5, 0.6) is 0 Å². The lowest BCUT2D eigenvalue weighted by atomic mass is 9.95. The molecule has 2 heterocycles. The monoisotopic (exact) mass is 379 g/mol. The van der Waals surface area contributed by atoms with Crippen molar-refractivity contribution in [2.75, 3.05) is 18.8 Å². The molecule has 0 spiro atoms. The zero-order valence-electron chi connectivity index (χ0n) is 14.4. The molecule has 1 fully saturated rings. The highest BCUT2D eigenvalue weighted by Gasteiger charge is 2.24. The molecule has 1 amide bonds. The van der Waals surface area contributed by atoms with Crippen molar-refractivity contribution in [3.63, 3.8) is 0 Å². The number of likely N-dealkylation sites (tertiary alicyclic amines) is 1. The molecule has 1 aromatic carbocycles. The Labute approximate surface area is 151 Å². The number of tetrazole rings is 1. The summed E-state index contributed by atoms with van der Waals surface area (Å²) in [5.41, 5.74) is 0.748. The average molecular weight is 379 g/mol. The second kappa shape index (κ2) is 7.40. The Hall–Kier alpha value is -2.49. The van der Waals surface area contributed by atoms with Crippen molar-refractivity contribution >= 4 is 15.9 Å². The molecule has 26 heavy (non-hydrogen) atoms. The van der Waals surface area contributed by atoms with Gasteiger partial charge in [0.1, 0.15) is 0 Å². The van der Waals surface area contributed by atoms with Crippen LogP contribution in [0.25, 0.3) is 11.4 Å². The maximum Gasteiger partial charge on any atom is 0.407 e. The van der Waals surface area contributed by atoms with Crippen molar-refractivity contribution in [1.29, 1.82) is 0 Å². The number of benzene rings is 1. The number of hydrogen-bond acceptors (Lipinski definition) is 6. The quantitative estimate of drug-likeness (QED) is 0.835. The average Bonchev–Trinajstić information content (AvgIpc) is 3.06. The van der Waals surface area contributed by atoms with Gasteiger partial charge in [0.05, 0.1) is 10.6 Å². The van der Waals surface area contributed by atoms with Crippen LogP contribution in [-0.4, -0.2) is 63.6 Å². The number of rotatable bonds is 5. The van der Waals surface area contributed by atoms with E-state index in [-0.39, 0.29) is 16.6 Å². The summed E-state index contributed by atoms with van der Waals surface area (Å²) in [6.45, 7) is 0.945. The fourth-order valence-corrected chi connectivity index (χ4v) is 4.57. The van der Waals surface area contributed by atoms with Crippen LogP contribution in [0.3, 0.4) is 0 Å². The Morgan fingerprint density at radius 2 is 1.88 bits per heavy atom. The van der Waals surface area contributed by atoms with Crippen LogP contribution in [-0.2, 0) is 16.9 Å². The van der Waals surface area contributed by atoms with Gasteiger partial charge in [-0.2, -0.15) is 0 Å². The van der Waals surface area contributed by atoms with Gasteiger partial charge in [-0.15, -0.1) is 5.10 Å². The molecule has 9 nitrogen and oxygen atoms in total. The summed E-state index contributed by atoms with van der Waals surface area (Å²) in [7, 11) is -1.66.